The smallest absolute Gasteiger partial charge is 0.392 e. The van der Waals surface area contributed by atoms with E-state index in [0.29, 0.717) is 30.1 Å². The lowest BCUT2D eigenvalue weighted by Gasteiger charge is -2.60. The van der Waals surface area contributed by atoms with Crippen LogP contribution < -0.4 is 0 Å². The van der Waals surface area contributed by atoms with Gasteiger partial charge in [0.25, 0.3) is 0 Å². The maximum Gasteiger partial charge on any atom is 0.392 e. The van der Waals surface area contributed by atoms with Crippen LogP contribution in [-0.4, -0.2) is 43.0 Å². The summed E-state index contributed by atoms with van der Waals surface area (Å²) in [5, 5.41) is -4.44. The zero-order valence-corrected chi connectivity index (χ0v) is 16.1. The molecule has 1 N–H and O–H groups in total. The molecule has 0 aromatic heterocycles. The molecule has 4 saturated carbocycles. The van der Waals surface area contributed by atoms with E-state index in [-0.39, 0.29) is 5.57 Å². The van der Waals surface area contributed by atoms with Gasteiger partial charge in [0.2, 0.25) is 0 Å². The average molecular weight is 408 g/mol. The molecule has 0 amide bonds. The fourth-order valence-electron chi connectivity index (χ4n) is 5.47. The first-order valence-electron chi connectivity index (χ1n) is 9.32. The van der Waals surface area contributed by atoms with Gasteiger partial charge in [-0.25, -0.2) is 4.79 Å². The van der Waals surface area contributed by atoms with Crippen LogP contribution >= 0.6 is 0 Å². The number of hydrogen-bond acceptors (Lipinski definition) is 5. The zero-order chi connectivity index (χ0) is 20.0. The number of carbonyl (C=O) groups excluding carboxylic acids is 1. The van der Waals surface area contributed by atoms with Crippen molar-refractivity contribution in [2.45, 2.75) is 56.3 Å². The van der Waals surface area contributed by atoms with E-state index >= 15 is 0 Å². The van der Waals surface area contributed by atoms with Gasteiger partial charge < -0.3 is 9.47 Å². The number of carbonyl (C=O) groups is 1. The lowest BCUT2D eigenvalue weighted by Crippen LogP contribution is -2.59. The highest BCUT2D eigenvalue weighted by molar-refractivity contribution is 7.86. The fraction of sp³-hybridized carbons (Fsp3) is 0.833. The van der Waals surface area contributed by atoms with Crippen LogP contribution in [0.5, 0.6) is 0 Å². The van der Waals surface area contributed by atoms with Crippen molar-refractivity contribution >= 4 is 16.1 Å². The first-order valence-corrected chi connectivity index (χ1v) is 10.8. The maximum absolute atomic E-state index is 13.2. The highest BCUT2D eigenvalue weighted by Gasteiger charge is 2.58. The maximum atomic E-state index is 13.2. The molecule has 0 aromatic rings. The van der Waals surface area contributed by atoms with Gasteiger partial charge in [-0.3, -0.25) is 4.55 Å². The van der Waals surface area contributed by atoms with Crippen LogP contribution in [-0.2, 0) is 24.4 Å². The number of esters is 1. The normalized spacial score (nSPS) is 35.3. The van der Waals surface area contributed by atoms with Gasteiger partial charge in [-0.15, -0.1) is 0 Å². The van der Waals surface area contributed by atoms with Crippen LogP contribution in [0.15, 0.2) is 12.2 Å². The van der Waals surface area contributed by atoms with Crippen molar-refractivity contribution < 1.29 is 36.0 Å². The van der Waals surface area contributed by atoms with Gasteiger partial charge in [0.1, 0.15) is 12.2 Å². The Morgan fingerprint density at radius 2 is 1.70 bits per heavy atom. The van der Waals surface area contributed by atoms with Gasteiger partial charge >= 0.3 is 21.3 Å². The lowest BCUT2D eigenvalue weighted by atomic mass is 9.49. The third kappa shape index (κ3) is 3.78. The van der Waals surface area contributed by atoms with Crippen LogP contribution in [0.3, 0.4) is 0 Å². The van der Waals surface area contributed by atoms with Gasteiger partial charge in [0, 0.05) is 0 Å². The number of hydrogen-bond donors (Lipinski definition) is 1. The molecule has 9 heteroatoms. The van der Waals surface area contributed by atoms with Crippen molar-refractivity contribution in [1.82, 2.24) is 0 Å². The van der Waals surface area contributed by atoms with Crippen molar-refractivity contribution in [3.05, 3.63) is 12.2 Å². The highest BCUT2D eigenvalue weighted by atomic mass is 32.2. The Morgan fingerprint density at radius 1 is 1.19 bits per heavy atom. The molecule has 4 aliphatic carbocycles. The van der Waals surface area contributed by atoms with Crippen LogP contribution in [0.4, 0.5) is 8.78 Å². The van der Waals surface area contributed by atoms with E-state index < -0.39 is 40.2 Å². The van der Waals surface area contributed by atoms with Crippen molar-refractivity contribution in [1.29, 1.82) is 0 Å². The van der Waals surface area contributed by atoms with Crippen LogP contribution in [0.2, 0.25) is 0 Å². The summed E-state index contributed by atoms with van der Waals surface area (Å²) < 4.78 is 66.4. The Labute approximate surface area is 158 Å². The third-order valence-electron chi connectivity index (χ3n) is 6.57. The Morgan fingerprint density at radius 3 is 2.15 bits per heavy atom. The summed E-state index contributed by atoms with van der Waals surface area (Å²) in [7, 11) is -5.57. The standard InChI is InChI=1S/C18H26F2O6S/c1-3-17(14-5-12-4-13(7-14)8-15(17)6-12)26-16(21)11(2)9-25-10-18(19,20)27(22,23)24/h12-15H,2-10H2,1H3,(H,22,23,24). The van der Waals surface area contributed by atoms with E-state index in [1.165, 1.54) is 6.42 Å². The van der Waals surface area contributed by atoms with Crippen LogP contribution in [0.1, 0.15) is 45.4 Å². The average Bonchev–Trinajstić information content (AvgIpc) is 2.56. The molecule has 4 aliphatic rings. The lowest BCUT2D eigenvalue weighted by molar-refractivity contribution is -0.207. The van der Waals surface area contributed by atoms with Gasteiger partial charge in [-0.2, -0.15) is 17.2 Å². The van der Waals surface area contributed by atoms with E-state index in [9.17, 15) is 22.0 Å². The largest absolute Gasteiger partial charge is 0.455 e. The van der Waals surface area contributed by atoms with E-state index in [4.69, 9.17) is 9.29 Å². The Kier molecular flexibility index (Phi) is 5.42. The predicted molar refractivity (Wildman–Crippen MR) is 92.6 cm³/mol. The van der Waals surface area contributed by atoms with Gasteiger partial charge in [0.15, 0.2) is 0 Å². The topological polar surface area (TPSA) is 89.9 Å². The minimum absolute atomic E-state index is 0.150. The number of ether oxygens (including phenoxy) is 2. The van der Waals surface area contributed by atoms with Crippen molar-refractivity contribution in [2.75, 3.05) is 13.2 Å². The molecule has 4 bridgehead atoms. The van der Waals surface area contributed by atoms with Crippen LogP contribution in [0, 0.1) is 23.7 Å². The molecule has 0 atom stereocenters. The quantitative estimate of drug-likeness (QED) is 0.377. The van der Waals surface area contributed by atoms with Crippen molar-refractivity contribution in [2.24, 2.45) is 23.7 Å². The molecule has 0 heterocycles. The highest BCUT2D eigenvalue weighted by Crippen LogP contribution is 2.60. The number of alkyl halides is 2. The molecule has 4 rings (SSSR count). The molecule has 154 valence electrons. The monoisotopic (exact) mass is 408 g/mol. The second kappa shape index (κ2) is 7.08. The molecular formula is C18H26F2O6S. The SMILES string of the molecule is C=C(COCC(F)(F)S(=O)(=O)O)C(=O)OC1(CC)C2CC3CC(C2)CC1C3. The van der Waals surface area contributed by atoms with Crippen molar-refractivity contribution in [3.8, 4) is 0 Å². The van der Waals surface area contributed by atoms with E-state index in [2.05, 4.69) is 11.3 Å². The molecule has 0 spiro atoms. The Hall–Kier alpha value is -1.06. The molecule has 0 aliphatic heterocycles. The van der Waals surface area contributed by atoms with Gasteiger partial charge in [0.05, 0.1) is 12.2 Å². The van der Waals surface area contributed by atoms with Gasteiger partial charge in [-0.1, -0.05) is 13.5 Å². The Bertz CT molecular complexity index is 689. The number of halogens is 2. The van der Waals surface area contributed by atoms with E-state index in [1.54, 1.807) is 0 Å². The molecule has 0 saturated heterocycles. The zero-order valence-electron chi connectivity index (χ0n) is 15.3. The summed E-state index contributed by atoms with van der Waals surface area (Å²) in [6.45, 7) is 3.37. The molecule has 0 unspecified atom stereocenters. The first-order chi connectivity index (χ1) is 12.5. The molecule has 0 aromatic carbocycles. The summed E-state index contributed by atoms with van der Waals surface area (Å²) >= 11 is 0. The predicted octanol–water partition coefficient (Wildman–Crippen LogP) is 3.19. The first kappa shape index (κ1) is 20.7. The second-order valence-corrected chi connectivity index (χ2v) is 9.76. The second-order valence-electron chi connectivity index (χ2n) is 8.21. The summed E-state index contributed by atoms with van der Waals surface area (Å²) in [6, 6.07) is 0. The van der Waals surface area contributed by atoms with Crippen molar-refractivity contribution in [3.63, 3.8) is 0 Å². The third-order valence-corrected chi connectivity index (χ3v) is 7.44. The van der Waals surface area contributed by atoms with Gasteiger partial charge in [-0.05, 0) is 62.2 Å². The summed E-state index contributed by atoms with van der Waals surface area (Å²) in [5.74, 6) is 1.36. The Balaban J connectivity index is 1.58. The fourth-order valence-corrected chi connectivity index (χ4v) is 5.70. The van der Waals surface area contributed by atoms with E-state index in [1.807, 2.05) is 6.92 Å². The minimum Gasteiger partial charge on any atom is -0.455 e. The van der Waals surface area contributed by atoms with Crippen LogP contribution in [0.25, 0.3) is 0 Å². The molecule has 6 nitrogen and oxygen atoms in total. The summed E-state index contributed by atoms with van der Waals surface area (Å²) in [5.41, 5.74) is -0.686. The summed E-state index contributed by atoms with van der Waals surface area (Å²) in [4.78, 5) is 12.5. The van der Waals surface area contributed by atoms with E-state index in [0.717, 1.165) is 25.7 Å². The molecular weight excluding hydrogens is 382 g/mol. The molecule has 4 fully saturated rings. The molecule has 0 radical (unpaired) electrons. The molecule has 27 heavy (non-hydrogen) atoms. The minimum atomic E-state index is -5.57. The number of rotatable bonds is 8. The summed E-state index contributed by atoms with van der Waals surface area (Å²) in [6.07, 6.45) is 6.18.